The van der Waals surface area contributed by atoms with Crippen LogP contribution in [-0.4, -0.2) is 59.5 Å². The molecule has 2 rings (SSSR count). The minimum atomic E-state index is -2.12. The van der Waals surface area contributed by atoms with E-state index < -0.39 is 26.0 Å². The van der Waals surface area contributed by atoms with E-state index in [0.717, 1.165) is 0 Å². The summed E-state index contributed by atoms with van der Waals surface area (Å²) in [5.41, 5.74) is 0.125. The van der Waals surface area contributed by atoms with Gasteiger partial charge in [0.2, 0.25) is 5.88 Å². The number of aromatic nitrogens is 4. The molecule has 0 aromatic carbocycles. The maximum absolute atomic E-state index is 14.5. The molecular formula is C19H30FN5O5Si. The molecule has 0 saturated carbocycles. The van der Waals surface area contributed by atoms with Gasteiger partial charge in [0.25, 0.3) is 0 Å². The van der Waals surface area contributed by atoms with E-state index in [-0.39, 0.29) is 34.8 Å². The predicted molar refractivity (Wildman–Crippen MR) is 115 cm³/mol. The lowest BCUT2D eigenvalue weighted by Gasteiger charge is -2.36. The van der Waals surface area contributed by atoms with E-state index in [1.54, 1.807) is 6.92 Å². The Hall–Kier alpha value is -2.60. The van der Waals surface area contributed by atoms with Gasteiger partial charge in [0.15, 0.2) is 14.5 Å². The Morgan fingerprint density at radius 1 is 1.26 bits per heavy atom. The molecule has 0 bridgehead atoms. The fourth-order valence-corrected chi connectivity index (χ4v) is 3.51. The second-order valence-electron chi connectivity index (χ2n) is 8.70. The van der Waals surface area contributed by atoms with E-state index in [0.29, 0.717) is 11.5 Å². The van der Waals surface area contributed by atoms with E-state index in [4.69, 9.17) is 13.9 Å². The quantitative estimate of drug-likeness (QED) is 0.317. The van der Waals surface area contributed by atoms with Crippen LogP contribution in [0.15, 0.2) is 6.20 Å². The second-order valence-corrected chi connectivity index (χ2v) is 13.5. The zero-order chi connectivity index (χ0) is 23.6. The summed E-state index contributed by atoms with van der Waals surface area (Å²) < 4.78 is 32.2. The van der Waals surface area contributed by atoms with Gasteiger partial charge in [-0.3, -0.25) is 10.1 Å². The van der Waals surface area contributed by atoms with Gasteiger partial charge in [0.05, 0.1) is 24.8 Å². The summed E-state index contributed by atoms with van der Waals surface area (Å²) in [5.74, 6) is 0.379. The topological polar surface area (TPSA) is 114 Å². The number of methoxy groups -OCH3 is 1. The molecule has 0 spiro atoms. The van der Waals surface area contributed by atoms with Crippen molar-refractivity contribution in [1.29, 1.82) is 0 Å². The van der Waals surface area contributed by atoms with Gasteiger partial charge < -0.3 is 13.9 Å². The Labute approximate surface area is 182 Å². The third-order valence-electron chi connectivity index (χ3n) is 5.35. The Morgan fingerprint density at radius 2 is 1.90 bits per heavy atom. The van der Waals surface area contributed by atoms with Crippen molar-refractivity contribution in [2.45, 2.75) is 58.9 Å². The van der Waals surface area contributed by atoms with E-state index >= 15 is 0 Å². The number of hydrogen-bond donors (Lipinski definition) is 0. The highest BCUT2D eigenvalue weighted by molar-refractivity contribution is 6.74. The first-order chi connectivity index (χ1) is 14.3. The largest absolute Gasteiger partial charge is 0.479 e. The molecule has 1 atom stereocenters. The molecule has 0 saturated heterocycles. The summed E-state index contributed by atoms with van der Waals surface area (Å²) in [5, 5.41) is 15.7. The molecule has 2 aromatic rings. The van der Waals surface area contributed by atoms with E-state index in [1.807, 2.05) is 13.1 Å². The molecule has 12 heteroatoms. The summed E-state index contributed by atoms with van der Waals surface area (Å²) >= 11 is 0. The molecule has 31 heavy (non-hydrogen) atoms. The first-order valence-electron chi connectivity index (χ1n) is 9.81. The van der Waals surface area contributed by atoms with Crippen molar-refractivity contribution in [3.63, 3.8) is 0 Å². The Kier molecular flexibility index (Phi) is 7.37. The third-order valence-corrected chi connectivity index (χ3v) is 9.85. The van der Waals surface area contributed by atoms with Crippen LogP contribution >= 0.6 is 0 Å². The van der Waals surface area contributed by atoms with Gasteiger partial charge in [-0.1, -0.05) is 20.8 Å². The maximum atomic E-state index is 14.5. The summed E-state index contributed by atoms with van der Waals surface area (Å²) in [6.07, 6.45) is -0.0175. The van der Waals surface area contributed by atoms with Crippen LogP contribution < -0.4 is 9.47 Å². The van der Waals surface area contributed by atoms with Crippen LogP contribution in [0.4, 0.5) is 10.1 Å². The lowest BCUT2D eigenvalue weighted by Crippen LogP contribution is -2.42. The molecule has 0 aliphatic heterocycles. The van der Waals surface area contributed by atoms with Crippen molar-refractivity contribution >= 4 is 14.0 Å². The predicted octanol–water partition coefficient (Wildman–Crippen LogP) is 3.93. The van der Waals surface area contributed by atoms with Gasteiger partial charge in [-0.05, 0) is 32.0 Å². The average molecular weight is 456 g/mol. The molecule has 0 radical (unpaired) electrons. The number of halogens is 1. The number of nitrogens with zero attached hydrogens (tertiary/aromatic N) is 5. The first-order valence-corrected chi connectivity index (χ1v) is 12.7. The molecule has 0 aliphatic carbocycles. The lowest BCUT2D eigenvalue weighted by atomic mass is 10.2. The fraction of sp³-hybridized carbons (Fsp3) is 0.632. The van der Waals surface area contributed by atoms with Crippen LogP contribution in [0.25, 0.3) is 5.69 Å². The zero-order valence-electron chi connectivity index (χ0n) is 19.2. The summed E-state index contributed by atoms with van der Waals surface area (Å²) in [6.45, 7) is 12.8. The molecule has 2 heterocycles. The number of alkyl halides is 1. The van der Waals surface area contributed by atoms with Crippen LogP contribution in [0.2, 0.25) is 18.1 Å². The molecule has 172 valence electrons. The van der Waals surface area contributed by atoms with Crippen LogP contribution in [0, 0.1) is 24.0 Å². The molecule has 2 aromatic heterocycles. The molecule has 0 amide bonds. The molecule has 0 unspecified atom stereocenters. The van der Waals surface area contributed by atoms with Crippen LogP contribution in [0.1, 0.15) is 32.3 Å². The number of ether oxygens (including phenoxy) is 2. The maximum Gasteiger partial charge on any atom is 0.353 e. The van der Waals surface area contributed by atoms with Crippen molar-refractivity contribution in [2.75, 3.05) is 20.3 Å². The second kappa shape index (κ2) is 9.26. The van der Waals surface area contributed by atoms with Gasteiger partial charge in [-0.15, -0.1) is 5.10 Å². The number of rotatable bonds is 9. The summed E-state index contributed by atoms with van der Waals surface area (Å²) in [7, 11) is -0.698. The normalized spacial score (nSPS) is 13.2. The SMILES string of the molecule is COc1nc(C)ncc1-n1nc(OC[C@H](F)CO[Si](C)(C)C(C)(C)C)c([N+](=O)[O-])c1C. The highest BCUT2D eigenvalue weighted by Gasteiger charge is 2.38. The smallest absolute Gasteiger partial charge is 0.353 e. The van der Waals surface area contributed by atoms with Crippen LogP contribution in [-0.2, 0) is 4.43 Å². The highest BCUT2D eigenvalue weighted by Crippen LogP contribution is 2.37. The van der Waals surface area contributed by atoms with Gasteiger partial charge in [-0.25, -0.2) is 14.1 Å². The van der Waals surface area contributed by atoms with Crippen molar-refractivity contribution in [2.24, 2.45) is 0 Å². The van der Waals surface area contributed by atoms with Crippen molar-refractivity contribution in [3.8, 4) is 17.4 Å². The Balaban J connectivity index is 2.22. The third kappa shape index (κ3) is 5.56. The Bertz CT molecular complexity index is 945. The number of aryl methyl sites for hydroxylation is 1. The minimum Gasteiger partial charge on any atom is -0.479 e. The van der Waals surface area contributed by atoms with E-state index in [2.05, 4.69) is 35.8 Å². The standard InChI is InChI=1S/C19H30FN5O5Si/c1-12-16(25(26)27)18(23-24(12)15-9-21-13(2)22-17(15)28-6)29-10-14(20)11-30-31(7,8)19(3,4)5/h9,14H,10-11H2,1-8H3/t14-/m0/s1. The monoisotopic (exact) mass is 455 g/mol. The van der Waals surface area contributed by atoms with E-state index in [1.165, 1.54) is 24.9 Å². The first kappa shape index (κ1) is 24.7. The minimum absolute atomic E-state index is 0.0581. The molecular weight excluding hydrogens is 425 g/mol. The van der Waals surface area contributed by atoms with E-state index in [9.17, 15) is 14.5 Å². The highest BCUT2D eigenvalue weighted by atomic mass is 28.4. The van der Waals surface area contributed by atoms with Gasteiger partial charge >= 0.3 is 11.6 Å². The zero-order valence-corrected chi connectivity index (χ0v) is 20.2. The van der Waals surface area contributed by atoms with Gasteiger partial charge in [0, 0.05) is 0 Å². The summed E-state index contributed by atoms with van der Waals surface area (Å²) in [4.78, 5) is 19.2. The molecule has 0 N–H and O–H groups in total. The number of nitro groups is 1. The summed E-state index contributed by atoms with van der Waals surface area (Å²) in [6, 6.07) is 0. The Morgan fingerprint density at radius 3 is 2.45 bits per heavy atom. The number of hydrogen-bond acceptors (Lipinski definition) is 8. The molecule has 0 fully saturated rings. The van der Waals surface area contributed by atoms with Crippen molar-refractivity contribution in [1.82, 2.24) is 19.7 Å². The van der Waals surface area contributed by atoms with Crippen LogP contribution in [0.3, 0.4) is 0 Å². The van der Waals surface area contributed by atoms with Crippen molar-refractivity contribution in [3.05, 3.63) is 27.8 Å². The lowest BCUT2D eigenvalue weighted by molar-refractivity contribution is -0.386. The molecule has 0 aliphatic rings. The average Bonchev–Trinajstić information content (AvgIpc) is 3.00. The fourth-order valence-electron chi connectivity index (χ4n) is 2.48. The van der Waals surface area contributed by atoms with Gasteiger partial charge in [-0.2, -0.15) is 4.98 Å². The van der Waals surface area contributed by atoms with Crippen molar-refractivity contribution < 1.29 is 23.2 Å². The van der Waals surface area contributed by atoms with Gasteiger partial charge in [0.1, 0.15) is 23.8 Å². The molecule has 10 nitrogen and oxygen atoms in total. The van der Waals surface area contributed by atoms with Crippen LogP contribution in [0.5, 0.6) is 11.8 Å².